The third-order valence-electron chi connectivity index (χ3n) is 4.42. The van der Waals surface area contributed by atoms with Crippen LogP contribution in [0.5, 0.6) is 5.75 Å². The molecule has 1 N–H and O–H groups in total. The number of rotatable bonds is 7. The van der Waals surface area contributed by atoms with E-state index >= 15 is 0 Å². The Morgan fingerprint density at radius 3 is 2.18 bits per heavy atom. The van der Waals surface area contributed by atoms with Gasteiger partial charge in [-0.05, 0) is 64.8 Å². The first-order valence-electron chi connectivity index (χ1n) is 8.15. The van der Waals surface area contributed by atoms with E-state index in [4.69, 9.17) is 14.0 Å². The number of benzene rings is 1. The fraction of sp³-hybridized carbons (Fsp3) is 0.647. The van der Waals surface area contributed by atoms with Crippen LogP contribution in [0.15, 0.2) is 24.3 Å². The molecule has 1 aliphatic heterocycles. The maximum absolute atomic E-state index is 6.04. The van der Waals surface area contributed by atoms with E-state index in [-0.39, 0.29) is 18.3 Å². The van der Waals surface area contributed by atoms with Gasteiger partial charge in [0.25, 0.3) is 0 Å². The summed E-state index contributed by atoms with van der Waals surface area (Å²) in [5, 5.41) is 3.28. The number of ether oxygens (including phenoxy) is 1. The summed E-state index contributed by atoms with van der Waals surface area (Å²) in [5.74, 6) is 0.886. The van der Waals surface area contributed by atoms with Crippen LogP contribution in [0.25, 0.3) is 0 Å². The van der Waals surface area contributed by atoms with Gasteiger partial charge in [0.05, 0.1) is 17.8 Å². The van der Waals surface area contributed by atoms with Crippen LogP contribution < -0.4 is 15.5 Å². The molecule has 1 heterocycles. The van der Waals surface area contributed by atoms with Crippen molar-refractivity contribution in [2.24, 2.45) is 0 Å². The molecule has 0 spiro atoms. The second-order valence-electron chi connectivity index (χ2n) is 6.71. The molecule has 2 rings (SSSR count). The number of nitrogens with one attached hydrogen (secondary N) is 1. The van der Waals surface area contributed by atoms with E-state index in [1.165, 1.54) is 0 Å². The summed E-state index contributed by atoms with van der Waals surface area (Å²) in [5.41, 5.74) is 0.414. The van der Waals surface area contributed by atoms with Gasteiger partial charge in [-0.1, -0.05) is 19.1 Å². The van der Waals surface area contributed by atoms with Crippen molar-refractivity contribution in [3.8, 4) is 5.75 Å². The fourth-order valence-corrected chi connectivity index (χ4v) is 2.26. The van der Waals surface area contributed by atoms with Crippen molar-refractivity contribution in [1.29, 1.82) is 0 Å². The minimum atomic E-state index is -0.312. The predicted molar refractivity (Wildman–Crippen MR) is 90.8 cm³/mol. The van der Waals surface area contributed by atoms with Gasteiger partial charge in [0.15, 0.2) is 0 Å². The van der Waals surface area contributed by atoms with Crippen molar-refractivity contribution in [2.75, 3.05) is 19.7 Å². The van der Waals surface area contributed by atoms with Crippen molar-refractivity contribution < 1.29 is 14.0 Å². The van der Waals surface area contributed by atoms with E-state index in [2.05, 4.69) is 39.9 Å². The normalized spacial score (nSPS) is 19.4. The van der Waals surface area contributed by atoms with Crippen molar-refractivity contribution in [1.82, 2.24) is 5.32 Å². The van der Waals surface area contributed by atoms with Crippen LogP contribution in [-0.2, 0) is 9.31 Å². The summed E-state index contributed by atoms with van der Waals surface area (Å²) in [6.45, 7) is 13.1. The maximum Gasteiger partial charge on any atom is 0.494 e. The van der Waals surface area contributed by atoms with Crippen molar-refractivity contribution in [3.63, 3.8) is 0 Å². The lowest BCUT2D eigenvalue weighted by Crippen LogP contribution is -2.41. The molecular formula is C17H28BNO3. The van der Waals surface area contributed by atoms with Gasteiger partial charge in [0, 0.05) is 0 Å². The van der Waals surface area contributed by atoms with Crippen LogP contribution in [0, 0.1) is 0 Å². The fourth-order valence-electron chi connectivity index (χ4n) is 2.26. The molecule has 1 aliphatic rings. The molecule has 0 atom stereocenters. The highest BCUT2D eigenvalue weighted by Crippen LogP contribution is 2.36. The van der Waals surface area contributed by atoms with E-state index in [0.29, 0.717) is 0 Å². The summed E-state index contributed by atoms with van der Waals surface area (Å²) in [4.78, 5) is 0. The maximum atomic E-state index is 6.04. The SMILES string of the molecule is CCNCCCOc1ccc(B2OC(C)(C)C(C)(C)O2)cc1. The van der Waals surface area contributed by atoms with Gasteiger partial charge < -0.3 is 19.4 Å². The van der Waals surface area contributed by atoms with Gasteiger partial charge in [-0.3, -0.25) is 0 Å². The second kappa shape index (κ2) is 7.03. The van der Waals surface area contributed by atoms with E-state index in [9.17, 15) is 0 Å². The largest absolute Gasteiger partial charge is 0.494 e. The smallest absolute Gasteiger partial charge is 0.494 e. The lowest BCUT2D eigenvalue weighted by atomic mass is 9.79. The molecule has 1 aromatic carbocycles. The zero-order valence-electron chi connectivity index (χ0n) is 14.4. The Morgan fingerprint density at radius 1 is 1.05 bits per heavy atom. The predicted octanol–water partition coefficient (Wildman–Crippen LogP) is 2.36. The van der Waals surface area contributed by atoms with Crippen molar-refractivity contribution in [3.05, 3.63) is 24.3 Å². The summed E-state index contributed by atoms with van der Waals surface area (Å²) in [6.07, 6.45) is 1.01. The van der Waals surface area contributed by atoms with Crippen molar-refractivity contribution >= 4 is 12.6 Å². The molecule has 4 nitrogen and oxygen atoms in total. The van der Waals surface area contributed by atoms with Gasteiger partial charge in [0.1, 0.15) is 5.75 Å². The molecule has 0 unspecified atom stereocenters. The Morgan fingerprint density at radius 2 is 1.64 bits per heavy atom. The Balaban J connectivity index is 1.87. The summed E-state index contributed by atoms with van der Waals surface area (Å²) in [7, 11) is -0.312. The Kier molecular flexibility index (Phi) is 5.53. The van der Waals surface area contributed by atoms with Gasteiger partial charge in [-0.25, -0.2) is 0 Å². The molecule has 0 bridgehead atoms. The molecule has 1 fully saturated rings. The minimum absolute atomic E-state index is 0.306. The quantitative estimate of drug-likeness (QED) is 0.620. The van der Waals surface area contributed by atoms with Gasteiger partial charge in [-0.2, -0.15) is 0 Å². The molecule has 5 heteroatoms. The highest BCUT2D eigenvalue weighted by atomic mass is 16.7. The molecule has 0 aromatic heterocycles. The molecule has 0 amide bonds. The van der Waals surface area contributed by atoms with Gasteiger partial charge in [0.2, 0.25) is 0 Å². The third-order valence-corrected chi connectivity index (χ3v) is 4.42. The lowest BCUT2D eigenvalue weighted by Gasteiger charge is -2.32. The highest BCUT2D eigenvalue weighted by molar-refractivity contribution is 6.62. The number of hydrogen-bond donors (Lipinski definition) is 1. The summed E-state index contributed by atoms with van der Waals surface area (Å²) < 4.78 is 17.8. The Bertz CT molecular complexity index is 457. The first kappa shape index (κ1) is 17.3. The van der Waals surface area contributed by atoms with Crippen LogP contribution in [-0.4, -0.2) is 38.0 Å². The van der Waals surface area contributed by atoms with E-state index in [1.54, 1.807) is 0 Å². The van der Waals surface area contributed by atoms with Gasteiger partial charge >= 0.3 is 7.12 Å². The molecule has 0 radical (unpaired) electrons. The monoisotopic (exact) mass is 305 g/mol. The highest BCUT2D eigenvalue weighted by Gasteiger charge is 2.51. The van der Waals surface area contributed by atoms with Gasteiger partial charge in [-0.15, -0.1) is 0 Å². The number of hydrogen-bond acceptors (Lipinski definition) is 4. The van der Waals surface area contributed by atoms with Crippen LogP contribution >= 0.6 is 0 Å². The average molecular weight is 305 g/mol. The minimum Gasteiger partial charge on any atom is -0.494 e. The molecule has 1 aromatic rings. The second-order valence-corrected chi connectivity index (χ2v) is 6.71. The summed E-state index contributed by atoms with van der Waals surface area (Å²) in [6, 6.07) is 7.99. The topological polar surface area (TPSA) is 39.7 Å². The van der Waals surface area contributed by atoms with Crippen LogP contribution in [0.2, 0.25) is 0 Å². The lowest BCUT2D eigenvalue weighted by molar-refractivity contribution is 0.00578. The first-order chi connectivity index (χ1) is 10.4. The standard InChI is InChI=1S/C17H28BNO3/c1-6-19-12-7-13-20-15-10-8-14(9-11-15)18-21-16(2,3)17(4,5)22-18/h8-11,19H,6-7,12-13H2,1-5H3. The first-order valence-corrected chi connectivity index (χ1v) is 8.15. The zero-order chi connectivity index (χ0) is 16.2. The van der Waals surface area contributed by atoms with E-state index < -0.39 is 0 Å². The third kappa shape index (κ3) is 4.03. The zero-order valence-corrected chi connectivity index (χ0v) is 14.4. The molecule has 0 aliphatic carbocycles. The van der Waals surface area contributed by atoms with Crippen LogP contribution in [0.1, 0.15) is 41.0 Å². The van der Waals surface area contributed by atoms with Crippen LogP contribution in [0.4, 0.5) is 0 Å². The Labute approximate surface area is 134 Å². The van der Waals surface area contributed by atoms with Crippen LogP contribution in [0.3, 0.4) is 0 Å². The Hall–Kier alpha value is -1.04. The molecular weight excluding hydrogens is 277 g/mol. The molecule has 122 valence electrons. The van der Waals surface area contributed by atoms with Crippen molar-refractivity contribution in [2.45, 2.75) is 52.2 Å². The molecule has 0 saturated carbocycles. The average Bonchev–Trinajstić information content (AvgIpc) is 2.68. The van der Waals surface area contributed by atoms with E-state index in [1.807, 2.05) is 24.3 Å². The summed E-state index contributed by atoms with van der Waals surface area (Å²) >= 11 is 0. The van der Waals surface area contributed by atoms with E-state index in [0.717, 1.165) is 37.3 Å². The molecule has 1 saturated heterocycles. The molecule has 22 heavy (non-hydrogen) atoms.